The van der Waals surface area contributed by atoms with Crippen LogP contribution in [0, 0.1) is 13.8 Å². The van der Waals surface area contributed by atoms with Crippen molar-refractivity contribution in [1.29, 1.82) is 0 Å². The van der Waals surface area contributed by atoms with Gasteiger partial charge in [-0.05, 0) is 43.7 Å². The molecule has 0 aliphatic heterocycles. The molecule has 0 fully saturated rings. The molecule has 20 heavy (non-hydrogen) atoms. The van der Waals surface area contributed by atoms with Gasteiger partial charge in [0.05, 0.1) is 16.9 Å². The van der Waals surface area contributed by atoms with E-state index in [2.05, 4.69) is 10.3 Å². The highest BCUT2D eigenvalue weighted by Crippen LogP contribution is 2.34. The molecule has 3 N–H and O–H groups in total. The summed E-state index contributed by atoms with van der Waals surface area (Å²) in [4.78, 5) is 4.16. The number of halogens is 3. The van der Waals surface area contributed by atoms with E-state index in [-0.39, 0.29) is 5.56 Å². The van der Waals surface area contributed by atoms with E-state index in [4.69, 9.17) is 5.73 Å². The lowest BCUT2D eigenvalue weighted by Crippen LogP contribution is -2.08. The quantitative estimate of drug-likeness (QED) is 0.873. The van der Waals surface area contributed by atoms with Crippen LogP contribution >= 0.6 is 0 Å². The van der Waals surface area contributed by atoms with Crippen molar-refractivity contribution < 1.29 is 13.2 Å². The van der Waals surface area contributed by atoms with Crippen LogP contribution in [-0.4, -0.2) is 4.98 Å². The van der Waals surface area contributed by atoms with Gasteiger partial charge >= 0.3 is 6.18 Å². The number of nitrogen functional groups attached to an aromatic ring is 1. The zero-order chi connectivity index (χ0) is 14.9. The topological polar surface area (TPSA) is 50.9 Å². The number of nitrogens with one attached hydrogen (secondary N) is 1. The average Bonchev–Trinajstić information content (AvgIpc) is 2.35. The number of nitrogens with two attached hydrogens (primary N) is 1. The second-order valence-corrected chi connectivity index (χ2v) is 4.52. The summed E-state index contributed by atoms with van der Waals surface area (Å²) in [5, 5.41) is 2.84. The summed E-state index contributed by atoms with van der Waals surface area (Å²) in [6, 6.07) is 7.36. The van der Waals surface area contributed by atoms with Gasteiger partial charge in [-0.2, -0.15) is 13.2 Å². The maximum absolute atomic E-state index is 12.8. The highest BCUT2D eigenvalue weighted by molar-refractivity contribution is 5.60. The Labute approximate surface area is 114 Å². The third-order valence-corrected chi connectivity index (χ3v) is 2.94. The minimum Gasteiger partial charge on any atom is -0.397 e. The molecule has 2 rings (SSSR count). The first kappa shape index (κ1) is 14.2. The second-order valence-electron chi connectivity index (χ2n) is 4.52. The molecule has 0 unspecified atom stereocenters. The van der Waals surface area contributed by atoms with Crippen LogP contribution in [-0.2, 0) is 6.18 Å². The molecule has 1 heterocycles. The maximum atomic E-state index is 12.8. The van der Waals surface area contributed by atoms with Crippen LogP contribution in [0.25, 0.3) is 0 Å². The number of alkyl halides is 3. The lowest BCUT2D eigenvalue weighted by Gasteiger charge is -2.13. The van der Waals surface area contributed by atoms with E-state index in [0.29, 0.717) is 22.9 Å². The molecule has 6 heteroatoms. The Bertz CT molecular complexity index is 636. The Morgan fingerprint density at radius 3 is 2.40 bits per heavy atom. The molecular formula is C14H14F3N3. The Balaban J connectivity index is 2.32. The Morgan fingerprint density at radius 1 is 1.10 bits per heavy atom. The summed E-state index contributed by atoms with van der Waals surface area (Å²) in [7, 11) is 0. The van der Waals surface area contributed by atoms with Crippen molar-refractivity contribution >= 4 is 17.2 Å². The van der Waals surface area contributed by atoms with E-state index >= 15 is 0 Å². The summed E-state index contributed by atoms with van der Waals surface area (Å²) >= 11 is 0. The highest BCUT2D eigenvalue weighted by atomic mass is 19.4. The van der Waals surface area contributed by atoms with Crippen LogP contribution in [0.1, 0.15) is 16.8 Å². The van der Waals surface area contributed by atoms with Gasteiger partial charge in [0.25, 0.3) is 0 Å². The molecule has 2 aromatic rings. The average molecular weight is 281 g/mol. The van der Waals surface area contributed by atoms with Crippen LogP contribution in [0.2, 0.25) is 0 Å². The van der Waals surface area contributed by atoms with Crippen LogP contribution in [0.4, 0.5) is 30.4 Å². The number of aryl methyl sites for hydroxylation is 2. The summed E-state index contributed by atoms with van der Waals surface area (Å²) in [6.07, 6.45) is -4.37. The molecule has 0 amide bonds. The number of hydrogen-bond donors (Lipinski definition) is 2. The Kier molecular flexibility index (Phi) is 3.57. The zero-order valence-corrected chi connectivity index (χ0v) is 11.0. The largest absolute Gasteiger partial charge is 0.416 e. The summed E-state index contributed by atoms with van der Waals surface area (Å²) in [6.45, 7) is 3.16. The van der Waals surface area contributed by atoms with Crippen molar-refractivity contribution in [3.8, 4) is 0 Å². The minimum atomic E-state index is -4.37. The summed E-state index contributed by atoms with van der Waals surface area (Å²) in [5.74, 6) is 0.452. The van der Waals surface area contributed by atoms with E-state index in [1.54, 1.807) is 25.1 Å². The summed E-state index contributed by atoms with van der Waals surface area (Å²) in [5.41, 5.74) is 6.66. The first-order valence-corrected chi connectivity index (χ1v) is 5.95. The molecular weight excluding hydrogens is 267 g/mol. The first-order valence-electron chi connectivity index (χ1n) is 5.95. The molecule has 0 radical (unpaired) electrons. The fourth-order valence-corrected chi connectivity index (χ4v) is 1.79. The van der Waals surface area contributed by atoms with Gasteiger partial charge in [0.2, 0.25) is 0 Å². The van der Waals surface area contributed by atoms with Gasteiger partial charge in [0, 0.05) is 5.69 Å². The summed E-state index contributed by atoms with van der Waals surface area (Å²) < 4.78 is 38.5. The fraction of sp³-hybridized carbons (Fsp3) is 0.214. The second kappa shape index (κ2) is 5.03. The highest BCUT2D eigenvalue weighted by Gasteiger charge is 2.32. The predicted molar refractivity (Wildman–Crippen MR) is 72.9 cm³/mol. The third kappa shape index (κ3) is 3.01. The van der Waals surface area contributed by atoms with Crippen LogP contribution in [0.15, 0.2) is 30.3 Å². The normalized spacial score (nSPS) is 11.4. The predicted octanol–water partition coefficient (Wildman–Crippen LogP) is 4.04. The van der Waals surface area contributed by atoms with Crippen LogP contribution in [0.5, 0.6) is 0 Å². The van der Waals surface area contributed by atoms with Crippen molar-refractivity contribution in [2.75, 3.05) is 11.1 Å². The fourth-order valence-electron chi connectivity index (χ4n) is 1.79. The number of nitrogens with zero attached hydrogens (tertiary/aromatic N) is 1. The van der Waals surface area contributed by atoms with E-state index < -0.39 is 11.7 Å². The molecule has 0 bridgehead atoms. The smallest absolute Gasteiger partial charge is 0.397 e. The zero-order valence-electron chi connectivity index (χ0n) is 11.0. The van der Waals surface area contributed by atoms with E-state index in [9.17, 15) is 13.2 Å². The van der Waals surface area contributed by atoms with Gasteiger partial charge in [0.15, 0.2) is 0 Å². The van der Waals surface area contributed by atoms with Gasteiger partial charge < -0.3 is 11.1 Å². The minimum absolute atomic E-state index is 0.185. The molecule has 0 aliphatic carbocycles. The number of rotatable bonds is 2. The van der Waals surface area contributed by atoms with Crippen molar-refractivity contribution in [1.82, 2.24) is 4.98 Å². The van der Waals surface area contributed by atoms with E-state index in [1.165, 1.54) is 13.0 Å². The molecule has 3 nitrogen and oxygen atoms in total. The van der Waals surface area contributed by atoms with Gasteiger partial charge in [0.1, 0.15) is 5.82 Å². The molecule has 0 aliphatic rings. The SMILES string of the molecule is Cc1ccc(Nc2ccc(N)c(C)n2)cc1C(F)(F)F. The monoisotopic (exact) mass is 281 g/mol. The molecule has 0 saturated carbocycles. The third-order valence-electron chi connectivity index (χ3n) is 2.94. The number of pyridine rings is 1. The standard InChI is InChI=1S/C14H14F3N3/c1-8-3-4-10(7-11(8)14(15,16)17)20-13-6-5-12(18)9(2)19-13/h3-7H,18H2,1-2H3,(H,19,20). The van der Waals surface area contributed by atoms with Crippen LogP contribution < -0.4 is 11.1 Å². The molecule has 0 spiro atoms. The van der Waals surface area contributed by atoms with Gasteiger partial charge in [-0.1, -0.05) is 6.07 Å². The number of aromatic nitrogens is 1. The van der Waals surface area contributed by atoms with Crippen molar-refractivity contribution in [2.24, 2.45) is 0 Å². The maximum Gasteiger partial charge on any atom is 0.416 e. The Morgan fingerprint density at radius 2 is 1.80 bits per heavy atom. The molecule has 1 aromatic heterocycles. The number of benzene rings is 1. The van der Waals surface area contributed by atoms with E-state index in [0.717, 1.165) is 6.07 Å². The molecule has 0 saturated heterocycles. The lowest BCUT2D eigenvalue weighted by atomic mass is 10.1. The van der Waals surface area contributed by atoms with Crippen LogP contribution in [0.3, 0.4) is 0 Å². The van der Waals surface area contributed by atoms with Gasteiger partial charge in [-0.15, -0.1) is 0 Å². The van der Waals surface area contributed by atoms with Crippen molar-refractivity contribution in [3.05, 3.63) is 47.2 Å². The lowest BCUT2D eigenvalue weighted by molar-refractivity contribution is -0.138. The van der Waals surface area contributed by atoms with Crippen molar-refractivity contribution in [2.45, 2.75) is 20.0 Å². The molecule has 0 atom stereocenters. The van der Waals surface area contributed by atoms with Gasteiger partial charge in [-0.25, -0.2) is 4.98 Å². The van der Waals surface area contributed by atoms with E-state index in [1.807, 2.05) is 0 Å². The van der Waals surface area contributed by atoms with Gasteiger partial charge in [-0.3, -0.25) is 0 Å². The number of hydrogen-bond acceptors (Lipinski definition) is 3. The van der Waals surface area contributed by atoms with Crippen molar-refractivity contribution in [3.63, 3.8) is 0 Å². The molecule has 106 valence electrons. The Hall–Kier alpha value is -2.24. The first-order chi connectivity index (χ1) is 9.27. The molecule has 1 aromatic carbocycles. The number of anilines is 3.